The number of rotatable bonds is 6. The fourth-order valence-electron chi connectivity index (χ4n) is 3.82. The quantitative estimate of drug-likeness (QED) is 0.441. The van der Waals surface area contributed by atoms with Crippen molar-refractivity contribution in [1.29, 1.82) is 0 Å². The molecule has 0 radical (unpaired) electrons. The number of fused-ring (bicyclic) bond motifs is 1. The topological polar surface area (TPSA) is 77.0 Å². The molecule has 7 heteroatoms. The number of benzene rings is 2. The third-order valence-electron chi connectivity index (χ3n) is 5.60. The number of carbonyl (C=O) groups excluding carboxylic acids is 2. The summed E-state index contributed by atoms with van der Waals surface area (Å²) >= 11 is 1.52. The number of hydrogen-bond donors (Lipinski definition) is 1. The number of aliphatic imine (C=N–C) groups is 1. The average molecular weight is 491 g/mol. The molecule has 0 unspecified atom stereocenters. The summed E-state index contributed by atoms with van der Waals surface area (Å²) in [4.78, 5) is 31.4. The lowest BCUT2D eigenvalue weighted by Crippen LogP contribution is -2.31. The second kappa shape index (κ2) is 10.0. The second-order valence-corrected chi connectivity index (χ2v) is 10.8. The molecule has 0 bridgehead atoms. The molecule has 4 rings (SSSR count). The number of esters is 1. The second-order valence-electron chi connectivity index (χ2n) is 9.56. The van der Waals surface area contributed by atoms with Gasteiger partial charge in [-0.2, -0.15) is 0 Å². The molecule has 0 fully saturated rings. The van der Waals surface area contributed by atoms with Crippen LogP contribution >= 0.6 is 11.3 Å². The summed E-state index contributed by atoms with van der Waals surface area (Å²) in [6, 6.07) is 16.8. The van der Waals surface area contributed by atoms with Crippen LogP contribution in [-0.4, -0.2) is 29.2 Å². The molecule has 0 spiro atoms. The van der Waals surface area contributed by atoms with E-state index in [0.717, 1.165) is 37.9 Å². The Morgan fingerprint density at radius 2 is 1.74 bits per heavy atom. The van der Waals surface area contributed by atoms with Gasteiger partial charge < -0.3 is 14.8 Å². The maximum Gasteiger partial charge on any atom is 0.309 e. The number of hydrogen-bond acceptors (Lipinski definition) is 6. The number of ether oxygens (including phenoxy) is 2. The van der Waals surface area contributed by atoms with E-state index in [-0.39, 0.29) is 12.3 Å². The zero-order valence-corrected chi connectivity index (χ0v) is 21.5. The molecule has 3 aromatic rings. The highest BCUT2D eigenvalue weighted by Crippen LogP contribution is 2.37. The number of thiophene rings is 1. The fraction of sp³-hybridized carbons (Fsp3) is 0.321. The van der Waals surface area contributed by atoms with Crippen molar-refractivity contribution in [3.05, 3.63) is 81.7 Å². The van der Waals surface area contributed by atoms with E-state index in [1.165, 1.54) is 11.3 Å². The van der Waals surface area contributed by atoms with Crippen LogP contribution in [0.25, 0.3) is 0 Å². The monoisotopic (exact) mass is 490 g/mol. The van der Waals surface area contributed by atoms with Gasteiger partial charge in [-0.15, -0.1) is 11.3 Å². The van der Waals surface area contributed by atoms with Crippen LogP contribution in [0.2, 0.25) is 0 Å². The molecule has 6 nitrogen and oxygen atoms in total. The Morgan fingerprint density at radius 3 is 2.40 bits per heavy atom. The van der Waals surface area contributed by atoms with E-state index < -0.39 is 17.6 Å². The standard InChI is InChI=1S/C28H30N2O4S/c1-17-18(2)35-27-24(17)25(29-22(26(32)30-27)15-23(31)34-28(3,4)5)20-11-13-21(14-12-20)33-16-19-9-7-6-8-10-19/h6-14,22H,15-16H2,1-5H3,(H,30,32)/t22-/m0/s1. The van der Waals surface area contributed by atoms with E-state index in [1.807, 2.05) is 68.4 Å². The van der Waals surface area contributed by atoms with Gasteiger partial charge in [0, 0.05) is 16.0 Å². The van der Waals surface area contributed by atoms with Gasteiger partial charge in [0.25, 0.3) is 0 Å². The third-order valence-corrected chi connectivity index (χ3v) is 6.73. The van der Waals surface area contributed by atoms with Crippen molar-refractivity contribution in [3.63, 3.8) is 0 Å². The van der Waals surface area contributed by atoms with Crippen molar-refractivity contribution in [2.24, 2.45) is 4.99 Å². The normalized spacial score (nSPS) is 15.5. The highest BCUT2D eigenvalue weighted by atomic mass is 32.1. The maximum atomic E-state index is 13.0. The van der Waals surface area contributed by atoms with E-state index in [0.29, 0.717) is 12.3 Å². The van der Waals surface area contributed by atoms with Crippen molar-refractivity contribution in [2.75, 3.05) is 5.32 Å². The molecule has 2 heterocycles. The Bertz CT molecular complexity index is 1250. The summed E-state index contributed by atoms with van der Waals surface area (Å²) in [6.07, 6.45) is -0.127. The average Bonchev–Trinajstić information content (AvgIpc) is 2.99. The Morgan fingerprint density at radius 1 is 1.06 bits per heavy atom. The van der Waals surface area contributed by atoms with Gasteiger partial charge in [0.1, 0.15) is 29.0 Å². The molecular weight excluding hydrogens is 460 g/mol. The molecular formula is C28H30N2O4S. The van der Waals surface area contributed by atoms with Gasteiger partial charge in [-0.05, 0) is 70.0 Å². The molecule has 182 valence electrons. The van der Waals surface area contributed by atoms with Crippen LogP contribution in [0.15, 0.2) is 59.6 Å². The summed E-state index contributed by atoms with van der Waals surface area (Å²) in [5.74, 6) is -0.0236. The predicted molar refractivity (Wildman–Crippen MR) is 140 cm³/mol. The van der Waals surface area contributed by atoms with Gasteiger partial charge >= 0.3 is 5.97 Å². The molecule has 1 aromatic heterocycles. The van der Waals surface area contributed by atoms with Crippen molar-refractivity contribution < 1.29 is 19.1 Å². The molecule has 1 aliphatic heterocycles. The summed E-state index contributed by atoms with van der Waals surface area (Å²) in [6.45, 7) is 9.94. The smallest absolute Gasteiger partial charge is 0.309 e. The molecule has 1 amide bonds. The number of nitrogens with zero attached hydrogens (tertiary/aromatic N) is 1. The largest absolute Gasteiger partial charge is 0.489 e. The Labute approximate surface area is 210 Å². The van der Waals surface area contributed by atoms with Gasteiger partial charge in [0.05, 0.1) is 12.1 Å². The minimum atomic E-state index is -0.881. The van der Waals surface area contributed by atoms with Crippen molar-refractivity contribution in [1.82, 2.24) is 0 Å². The minimum absolute atomic E-state index is 0.127. The van der Waals surface area contributed by atoms with Gasteiger partial charge in [-0.1, -0.05) is 30.3 Å². The van der Waals surface area contributed by atoms with Crippen LogP contribution in [0.3, 0.4) is 0 Å². The molecule has 35 heavy (non-hydrogen) atoms. The number of nitrogens with one attached hydrogen (secondary N) is 1. The van der Waals surface area contributed by atoms with Crippen LogP contribution in [0, 0.1) is 13.8 Å². The van der Waals surface area contributed by atoms with Crippen molar-refractivity contribution >= 4 is 33.9 Å². The van der Waals surface area contributed by atoms with E-state index in [1.54, 1.807) is 20.8 Å². The van der Waals surface area contributed by atoms with Crippen LogP contribution in [0.4, 0.5) is 5.00 Å². The lowest BCUT2D eigenvalue weighted by molar-refractivity contribution is -0.155. The molecule has 1 N–H and O–H groups in total. The van der Waals surface area contributed by atoms with Gasteiger partial charge in [-0.3, -0.25) is 14.6 Å². The lowest BCUT2D eigenvalue weighted by atomic mass is 9.99. The number of carbonyl (C=O) groups is 2. The predicted octanol–water partition coefficient (Wildman–Crippen LogP) is 5.83. The molecule has 1 atom stereocenters. The summed E-state index contributed by atoms with van der Waals surface area (Å²) < 4.78 is 11.4. The zero-order valence-electron chi connectivity index (χ0n) is 20.7. The number of aryl methyl sites for hydroxylation is 1. The Kier molecular flexibility index (Phi) is 7.08. The first-order valence-corrected chi connectivity index (χ1v) is 12.4. The van der Waals surface area contributed by atoms with Crippen LogP contribution in [-0.2, 0) is 20.9 Å². The van der Waals surface area contributed by atoms with Crippen LogP contribution in [0.1, 0.15) is 54.3 Å². The molecule has 0 aliphatic carbocycles. The van der Waals surface area contributed by atoms with Crippen molar-refractivity contribution in [2.45, 2.75) is 59.3 Å². The van der Waals surface area contributed by atoms with E-state index in [4.69, 9.17) is 14.5 Å². The first-order chi connectivity index (χ1) is 16.6. The highest BCUT2D eigenvalue weighted by Gasteiger charge is 2.31. The van der Waals surface area contributed by atoms with Gasteiger partial charge in [0.2, 0.25) is 5.91 Å². The summed E-state index contributed by atoms with van der Waals surface area (Å²) in [7, 11) is 0. The van der Waals surface area contributed by atoms with E-state index >= 15 is 0 Å². The third kappa shape index (κ3) is 5.98. The number of anilines is 1. The lowest BCUT2D eigenvalue weighted by Gasteiger charge is -2.20. The Balaban J connectivity index is 1.64. The zero-order chi connectivity index (χ0) is 25.2. The van der Waals surface area contributed by atoms with E-state index in [2.05, 4.69) is 5.32 Å². The van der Waals surface area contributed by atoms with Crippen LogP contribution in [0.5, 0.6) is 5.75 Å². The minimum Gasteiger partial charge on any atom is -0.489 e. The SMILES string of the molecule is Cc1sc2c(c1C)C(c1ccc(OCc3ccccc3)cc1)=N[C@@H](CC(=O)OC(C)(C)C)C(=O)N2. The first kappa shape index (κ1) is 24.7. The summed E-state index contributed by atoms with van der Waals surface area (Å²) in [5.41, 5.74) is 3.95. The first-order valence-electron chi connectivity index (χ1n) is 11.6. The molecule has 0 saturated heterocycles. The molecule has 2 aromatic carbocycles. The molecule has 1 aliphatic rings. The summed E-state index contributed by atoms with van der Waals surface area (Å²) in [5, 5.41) is 3.73. The molecule has 0 saturated carbocycles. The van der Waals surface area contributed by atoms with Crippen molar-refractivity contribution in [3.8, 4) is 5.75 Å². The van der Waals surface area contributed by atoms with E-state index in [9.17, 15) is 9.59 Å². The van der Waals surface area contributed by atoms with Crippen LogP contribution < -0.4 is 10.1 Å². The highest BCUT2D eigenvalue weighted by molar-refractivity contribution is 7.17. The van der Waals surface area contributed by atoms with Gasteiger partial charge in [-0.25, -0.2) is 0 Å². The number of amides is 1. The Hall–Kier alpha value is -3.45. The maximum absolute atomic E-state index is 13.0. The van der Waals surface area contributed by atoms with Gasteiger partial charge in [0.15, 0.2) is 0 Å². The fourth-order valence-corrected chi connectivity index (χ4v) is 4.89.